The quantitative estimate of drug-likeness (QED) is 0.369. The standard InChI is InChI=1S/C16H12ClNO3/c1-11-2-4-12(5-3-11)10-15(18(20)21)16(19)13-6-8-14(17)9-7-13/h2-10H,1H3/b15-10+. The lowest BCUT2D eigenvalue weighted by Crippen LogP contribution is -2.11. The van der Waals surface area contributed by atoms with Crippen molar-refractivity contribution in [3.05, 3.63) is 86.1 Å². The predicted octanol–water partition coefficient (Wildman–Crippen LogP) is 4.15. The van der Waals surface area contributed by atoms with E-state index in [-0.39, 0.29) is 5.56 Å². The summed E-state index contributed by atoms with van der Waals surface area (Å²) in [6, 6.07) is 13.1. The van der Waals surface area contributed by atoms with Crippen LogP contribution in [0.3, 0.4) is 0 Å². The lowest BCUT2D eigenvalue weighted by Gasteiger charge is -2.00. The highest BCUT2D eigenvalue weighted by atomic mass is 35.5. The number of rotatable bonds is 4. The summed E-state index contributed by atoms with van der Waals surface area (Å²) in [7, 11) is 0. The predicted molar refractivity (Wildman–Crippen MR) is 81.9 cm³/mol. The first-order chi connectivity index (χ1) is 9.97. The Bertz CT molecular complexity index is 703. The van der Waals surface area contributed by atoms with E-state index >= 15 is 0 Å². The average molecular weight is 302 g/mol. The summed E-state index contributed by atoms with van der Waals surface area (Å²) in [5, 5.41) is 11.6. The normalized spacial score (nSPS) is 11.2. The number of ketones is 1. The third-order valence-electron chi connectivity index (χ3n) is 2.92. The van der Waals surface area contributed by atoms with Crippen molar-refractivity contribution in [3.63, 3.8) is 0 Å². The molecule has 0 saturated carbocycles. The van der Waals surface area contributed by atoms with Gasteiger partial charge >= 0.3 is 5.70 Å². The molecular formula is C16H12ClNO3. The molecule has 0 spiro atoms. The number of benzene rings is 2. The van der Waals surface area contributed by atoms with Gasteiger partial charge in [-0.2, -0.15) is 0 Å². The van der Waals surface area contributed by atoms with Gasteiger partial charge in [0, 0.05) is 16.7 Å². The van der Waals surface area contributed by atoms with Crippen molar-refractivity contribution in [2.24, 2.45) is 0 Å². The fourth-order valence-corrected chi connectivity index (χ4v) is 1.90. The van der Waals surface area contributed by atoms with Crippen molar-refractivity contribution in [2.45, 2.75) is 6.92 Å². The van der Waals surface area contributed by atoms with Crippen molar-refractivity contribution in [2.75, 3.05) is 0 Å². The van der Waals surface area contributed by atoms with Crippen LogP contribution < -0.4 is 0 Å². The van der Waals surface area contributed by atoms with E-state index in [1.54, 1.807) is 12.1 Å². The molecule has 0 amide bonds. The zero-order chi connectivity index (χ0) is 15.4. The smallest absolute Gasteiger partial charge is 0.282 e. The van der Waals surface area contributed by atoms with Crippen LogP contribution in [0.5, 0.6) is 0 Å². The maximum Gasteiger partial charge on any atom is 0.317 e. The molecule has 0 aromatic heterocycles. The SMILES string of the molecule is Cc1ccc(/C=C(\C(=O)c2ccc(Cl)cc2)[N+](=O)[O-])cc1. The second-order valence-corrected chi connectivity index (χ2v) is 4.97. The minimum atomic E-state index is -0.670. The summed E-state index contributed by atoms with van der Waals surface area (Å²) in [5.41, 5.74) is 1.41. The highest BCUT2D eigenvalue weighted by Gasteiger charge is 2.23. The van der Waals surface area contributed by atoms with E-state index in [4.69, 9.17) is 11.6 Å². The summed E-state index contributed by atoms with van der Waals surface area (Å²) >= 11 is 5.74. The first-order valence-corrected chi connectivity index (χ1v) is 6.58. The van der Waals surface area contributed by atoms with Crippen LogP contribution in [0.25, 0.3) is 6.08 Å². The third kappa shape index (κ3) is 3.77. The molecule has 0 saturated heterocycles. The maximum atomic E-state index is 12.2. The molecule has 0 aliphatic carbocycles. The van der Waals surface area contributed by atoms with Crippen LogP contribution in [0.1, 0.15) is 21.5 Å². The van der Waals surface area contributed by atoms with Crippen molar-refractivity contribution < 1.29 is 9.72 Å². The molecule has 0 aliphatic heterocycles. The molecule has 2 aromatic rings. The van der Waals surface area contributed by atoms with Gasteiger partial charge in [0.15, 0.2) is 0 Å². The Kier molecular flexibility index (Phi) is 4.50. The first-order valence-electron chi connectivity index (χ1n) is 6.20. The Morgan fingerprint density at radius 1 is 1.10 bits per heavy atom. The zero-order valence-electron chi connectivity index (χ0n) is 11.2. The Morgan fingerprint density at radius 3 is 2.19 bits per heavy atom. The lowest BCUT2D eigenvalue weighted by molar-refractivity contribution is -0.415. The maximum absolute atomic E-state index is 12.2. The number of allylic oxidation sites excluding steroid dienone is 1. The van der Waals surface area contributed by atoms with Crippen LogP contribution in [0.2, 0.25) is 5.02 Å². The molecule has 0 atom stereocenters. The number of nitro groups is 1. The molecular weight excluding hydrogens is 290 g/mol. The van der Waals surface area contributed by atoms with E-state index in [1.807, 2.05) is 19.1 Å². The zero-order valence-corrected chi connectivity index (χ0v) is 12.0. The van der Waals surface area contributed by atoms with Crippen LogP contribution in [0.15, 0.2) is 54.2 Å². The largest absolute Gasteiger partial charge is 0.317 e. The molecule has 0 bridgehead atoms. The number of nitrogens with zero attached hydrogens (tertiary/aromatic N) is 1. The Labute approximate surface area is 126 Å². The van der Waals surface area contributed by atoms with Crippen molar-refractivity contribution >= 4 is 23.5 Å². The van der Waals surface area contributed by atoms with Gasteiger partial charge in [-0.05, 0) is 36.8 Å². The molecule has 4 nitrogen and oxygen atoms in total. The van der Waals surface area contributed by atoms with Crippen molar-refractivity contribution in [1.29, 1.82) is 0 Å². The van der Waals surface area contributed by atoms with E-state index in [2.05, 4.69) is 0 Å². The molecule has 0 N–H and O–H groups in total. The van der Waals surface area contributed by atoms with E-state index in [0.717, 1.165) is 5.56 Å². The second-order valence-electron chi connectivity index (χ2n) is 4.53. The lowest BCUT2D eigenvalue weighted by atomic mass is 10.1. The van der Waals surface area contributed by atoms with Crippen LogP contribution >= 0.6 is 11.6 Å². The monoisotopic (exact) mass is 301 g/mol. The van der Waals surface area contributed by atoms with E-state index in [1.165, 1.54) is 30.3 Å². The van der Waals surface area contributed by atoms with Crippen molar-refractivity contribution in [3.8, 4) is 0 Å². The van der Waals surface area contributed by atoms with E-state index in [9.17, 15) is 14.9 Å². The molecule has 0 unspecified atom stereocenters. The van der Waals surface area contributed by atoms with Gasteiger partial charge in [-0.15, -0.1) is 0 Å². The van der Waals surface area contributed by atoms with E-state index in [0.29, 0.717) is 10.6 Å². The van der Waals surface area contributed by atoms with Gasteiger partial charge in [0.25, 0.3) is 5.78 Å². The molecule has 106 valence electrons. The van der Waals surface area contributed by atoms with Crippen LogP contribution in [-0.2, 0) is 0 Å². The molecule has 2 rings (SSSR count). The van der Waals surface area contributed by atoms with Gasteiger partial charge in [-0.3, -0.25) is 14.9 Å². The second kappa shape index (κ2) is 6.33. The summed E-state index contributed by atoms with van der Waals surface area (Å²) in [5.74, 6) is -0.641. The highest BCUT2D eigenvalue weighted by Crippen LogP contribution is 2.16. The van der Waals surface area contributed by atoms with Gasteiger partial charge in [0.2, 0.25) is 0 Å². The van der Waals surface area contributed by atoms with Gasteiger partial charge in [0.1, 0.15) is 0 Å². The third-order valence-corrected chi connectivity index (χ3v) is 3.17. The summed E-state index contributed by atoms with van der Waals surface area (Å²) in [4.78, 5) is 22.7. The number of carbonyl (C=O) groups is 1. The van der Waals surface area contributed by atoms with Gasteiger partial charge < -0.3 is 0 Å². The summed E-state index contributed by atoms with van der Waals surface area (Å²) in [6.07, 6.45) is 1.27. The Morgan fingerprint density at radius 2 is 1.67 bits per heavy atom. The minimum Gasteiger partial charge on any atom is -0.282 e. The fraction of sp³-hybridized carbons (Fsp3) is 0.0625. The molecule has 5 heteroatoms. The topological polar surface area (TPSA) is 60.2 Å². The molecule has 0 radical (unpaired) electrons. The number of halogens is 1. The van der Waals surface area contributed by atoms with Gasteiger partial charge in [0.05, 0.1) is 4.92 Å². The van der Waals surface area contributed by atoms with Crippen LogP contribution in [0, 0.1) is 17.0 Å². The van der Waals surface area contributed by atoms with Gasteiger partial charge in [-0.25, -0.2) is 0 Å². The fourth-order valence-electron chi connectivity index (χ4n) is 1.77. The number of carbonyl (C=O) groups excluding carboxylic acids is 1. The van der Waals surface area contributed by atoms with Crippen molar-refractivity contribution in [1.82, 2.24) is 0 Å². The number of Topliss-reactive ketones (excluding diaryl/α,β-unsaturated/α-hetero) is 1. The Hall–Kier alpha value is -2.46. The minimum absolute atomic E-state index is 0.231. The molecule has 0 fully saturated rings. The van der Waals surface area contributed by atoms with Crippen LogP contribution in [-0.4, -0.2) is 10.7 Å². The molecule has 0 aliphatic rings. The average Bonchev–Trinajstić information content (AvgIpc) is 2.46. The highest BCUT2D eigenvalue weighted by molar-refractivity contribution is 6.30. The Balaban J connectivity index is 2.39. The first kappa shape index (κ1) is 14.9. The number of hydrogen-bond donors (Lipinski definition) is 0. The number of aryl methyl sites for hydroxylation is 1. The van der Waals surface area contributed by atoms with Gasteiger partial charge in [-0.1, -0.05) is 41.4 Å². The van der Waals surface area contributed by atoms with Crippen LogP contribution in [0.4, 0.5) is 0 Å². The summed E-state index contributed by atoms with van der Waals surface area (Å²) < 4.78 is 0. The number of hydrogen-bond acceptors (Lipinski definition) is 3. The van der Waals surface area contributed by atoms with E-state index < -0.39 is 16.4 Å². The molecule has 0 heterocycles. The molecule has 2 aromatic carbocycles. The summed E-state index contributed by atoms with van der Waals surface area (Å²) in [6.45, 7) is 1.92. The molecule has 21 heavy (non-hydrogen) atoms.